The molecule has 152 valence electrons. The quantitative estimate of drug-likeness (QED) is 0.719. The van der Waals surface area contributed by atoms with Gasteiger partial charge in [0.1, 0.15) is 0 Å². The molecule has 0 aromatic heterocycles. The fourth-order valence-electron chi connectivity index (χ4n) is 3.04. The van der Waals surface area contributed by atoms with Crippen LogP contribution in [0.3, 0.4) is 0 Å². The number of carbonyl (C=O) groups is 1. The number of nitrogens with one attached hydrogen (secondary N) is 1. The summed E-state index contributed by atoms with van der Waals surface area (Å²) in [6.07, 6.45) is 0.292. The van der Waals surface area contributed by atoms with Gasteiger partial charge in [-0.15, -0.1) is 0 Å². The minimum Gasteiger partial charge on any atom is -0.493 e. The summed E-state index contributed by atoms with van der Waals surface area (Å²) in [7, 11) is 11.3. The van der Waals surface area contributed by atoms with Crippen molar-refractivity contribution in [1.82, 2.24) is 10.2 Å². The molecule has 0 aliphatic carbocycles. The zero-order chi connectivity index (χ0) is 20.7. The molecule has 0 unspecified atom stereocenters. The Kier molecular flexibility index (Phi) is 7.70. The van der Waals surface area contributed by atoms with E-state index in [2.05, 4.69) is 39.4 Å². The van der Waals surface area contributed by atoms with Gasteiger partial charge in [0.05, 0.1) is 26.7 Å². The zero-order valence-corrected chi connectivity index (χ0v) is 17.7. The van der Waals surface area contributed by atoms with Crippen molar-refractivity contribution in [3.8, 4) is 11.5 Å². The number of ether oxygens (including phenoxy) is 2. The summed E-state index contributed by atoms with van der Waals surface area (Å²) in [5, 5.41) is 3.05. The van der Waals surface area contributed by atoms with E-state index in [1.54, 1.807) is 14.2 Å². The highest BCUT2D eigenvalue weighted by Crippen LogP contribution is 2.27. The lowest BCUT2D eigenvalue weighted by Crippen LogP contribution is -2.35. The highest BCUT2D eigenvalue weighted by Gasteiger charge is 2.16. The second-order valence-electron chi connectivity index (χ2n) is 7.14. The van der Waals surface area contributed by atoms with Crippen molar-refractivity contribution >= 4 is 11.6 Å². The molecule has 1 N–H and O–H groups in total. The minimum absolute atomic E-state index is 0.0241. The van der Waals surface area contributed by atoms with Gasteiger partial charge in [-0.25, -0.2) is 0 Å². The Labute approximate surface area is 168 Å². The number of benzene rings is 2. The number of carbonyl (C=O) groups excluding carboxylic acids is 1. The van der Waals surface area contributed by atoms with Crippen molar-refractivity contribution in [2.75, 3.05) is 53.9 Å². The van der Waals surface area contributed by atoms with E-state index in [-0.39, 0.29) is 11.9 Å². The third-order valence-corrected chi connectivity index (χ3v) is 4.72. The van der Waals surface area contributed by atoms with Gasteiger partial charge in [-0.2, -0.15) is 0 Å². The van der Waals surface area contributed by atoms with Gasteiger partial charge in [-0.05, 0) is 49.5 Å². The van der Waals surface area contributed by atoms with Gasteiger partial charge in [0.25, 0.3) is 0 Å². The SMILES string of the molecule is COc1ccc(CC(=O)NC[C@H](c2ccc(N(C)C)cc2)N(C)C)cc1OC. The van der Waals surface area contributed by atoms with Gasteiger partial charge in [0.15, 0.2) is 11.5 Å². The molecular formula is C22H31N3O3. The molecule has 0 fully saturated rings. The molecule has 1 atom stereocenters. The molecule has 6 nitrogen and oxygen atoms in total. The summed E-state index contributed by atoms with van der Waals surface area (Å²) in [5.41, 5.74) is 3.20. The predicted octanol–water partition coefficient (Wildman–Crippen LogP) is 2.73. The summed E-state index contributed by atoms with van der Waals surface area (Å²) in [5.74, 6) is 1.25. The molecule has 1 amide bonds. The first kappa shape index (κ1) is 21.6. The molecule has 0 heterocycles. The Morgan fingerprint density at radius 1 is 0.964 bits per heavy atom. The summed E-state index contributed by atoms with van der Waals surface area (Å²) in [6, 6.07) is 14.0. The van der Waals surface area contributed by atoms with Gasteiger partial charge in [0, 0.05) is 26.3 Å². The van der Waals surface area contributed by atoms with Crippen LogP contribution in [0.4, 0.5) is 5.69 Å². The van der Waals surface area contributed by atoms with Gasteiger partial charge in [-0.1, -0.05) is 18.2 Å². The number of hydrogen-bond donors (Lipinski definition) is 1. The standard InChI is InChI=1S/C22H31N3O3/c1-24(2)18-10-8-17(9-11-18)19(25(3)4)15-23-22(26)14-16-7-12-20(27-5)21(13-16)28-6/h7-13,19H,14-15H2,1-6H3,(H,23,26)/t19-/m1/s1. The van der Waals surface area contributed by atoms with Crippen LogP contribution in [0.25, 0.3) is 0 Å². The molecule has 0 saturated heterocycles. The molecule has 0 aliphatic rings. The van der Waals surface area contributed by atoms with Crippen LogP contribution >= 0.6 is 0 Å². The van der Waals surface area contributed by atoms with Crippen LogP contribution in [0, 0.1) is 0 Å². The lowest BCUT2D eigenvalue weighted by Gasteiger charge is -2.26. The molecule has 0 bridgehead atoms. The second-order valence-corrected chi connectivity index (χ2v) is 7.14. The first-order chi connectivity index (χ1) is 13.3. The molecular weight excluding hydrogens is 354 g/mol. The molecule has 2 aromatic carbocycles. The third-order valence-electron chi connectivity index (χ3n) is 4.72. The smallest absolute Gasteiger partial charge is 0.224 e. The van der Waals surface area contributed by atoms with Crippen molar-refractivity contribution in [1.29, 1.82) is 0 Å². The van der Waals surface area contributed by atoms with Crippen LogP contribution < -0.4 is 19.7 Å². The summed E-state index contributed by atoms with van der Waals surface area (Å²) in [4.78, 5) is 16.6. The Morgan fingerprint density at radius 2 is 1.61 bits per heavy atom. The number of likely N-dealkylation sites (N-methyl/N-ethyl adjacent to an activating group) is 1. The summed E-state index contributed by atoms with van der Waals surface area (Å²) < 4.78 is 10.5. The van der Waals surface area contributed by atoms with E-state index in [1.807, 2.05) is 46.4 Å². The zero-order valence-electron chi connectivity index (χ0n) is 17.7. The van der Waals surface area contributed by atoms with Gasteiger partial charge >= 0.3 is 0 Å². The van der Waals surface area contributed by atoms with Crippen molar-refractivity contribution in [3.63, 3.8) is 0 Å². The van der Waals surface area contributed by atoms with E-state index in [4.69, 9.17) is 9.47 Å². The molecule has 28 heavy (non-hydrogen) atoms. The van der Waals surface area contributed by atoms with Crippen LogP contribution in [-0.4, -0.2) is 59.8 Å². The van der Waals surface area contributed by atoms with E-state index < -0.39 is 0 Å². The van der Waals surface area contributed by atoms with Gasteiger partial charge < -0.3 is 24.6 Å². The maximum Gasteiger partial charge on any atom is 0.224 e. The van der Waals surface area contributed by atoms with E-state index in [0.29, 0.717) is 24.5 Å². The van der Waals surface area contributed by atoms with Crippen molar-refractivity contribution < 1.29 is 14.3 Å². The third kappa shape index (κ3) is 5.63. The van der Waals surface area contributed by atoms with Crippen LogP contribution in [0.15, 0.2) is 42.5 Å². The Morgan fingerprint density at radius 3 is 2.14 bits per heavy atom. The summed E-state index contributed by atoms with van der Waals surface area (Å²) >= 11 is 0. The van der Waals surface area contributed by atoms with E-state index in [1.165, 1.54) is 5.56 Å². The number of methoxy groups -OCH3 is 2. The molecule has 0 saturated carbocycles. The number of hydrogen-bond acceptors (Lipinski definition) is 5. The normalized spacial score (nSPS) is 11.8. The fraction of sp³-hybridized carbons (Fsp3) is 0.409. The van der Waals surface area contributed by atoms with E-state index >= 15 is 0 Å². The minimum atomic E-state index is -0.0241. The maximum atomic E-state index is 12.5. The van der Waals surface area contributed by atoms with Crippen LogP contribution in [-0.2, 0) is 11.2 Å². The Hall–Kier alpha value is -2.73. The lowest BCUT2D eigenvalue weighted by molar-refractivity contribution is -0.120. The largest absolute Gasteiger partial charge is 0.493 e. The average molecular weight is 386 g/mol. The number of amides is 1. The lowest BCUT2D eigenvalue weighted by atomic mass is 10.0. The Balaban J connectivity index is 2.00. The highest BCUT2D eigenvalue weighted by atomic mass is 16.5. The monoisotopic (exact) mass is 385 g/mol. The first-order valence-electron chi connectivity index (χ1n) is 9.27. The maximum absolute atomic E-state index is 12.5. The van der Waals surface area contributed by atoms with Crippen molar-refractivity contribution in [2.24, 2.45) is 0 Å². The predicted molar refractivity (Wildman–Crippen MR) is 113 cm³/mol. The molecule has 0 spiro atoms. The molecule has 0 radical (unpaired) electrons. The van der Waals surface area contributed by atoms with Crippen LogP contribution in [0.1, 0.15) is 17.2 Å². The topological polar surface area (TPSA) is 54.0 Å². The molecule has 6 heteroatoms. The number of anilines is 1. The average Bonchev–Trinajstić information content (AvgIpc) is 2.68. The van der Waals surface area contributed by atoms with Crippen molar-refractivity contribution in [3.05, 3.63) is 53.6 Å². The van der Waals surface area contributed by atoms with E-state index in [0.717, 1.165) is 11.3 Å². The van der Waals surface area contributed by atoms with Crippen LogP contribution in [0.2, 0.25) is 0 Å². The van der Waals surface area contributed by atoms with Crippen LogP contribution in [0.5, 0.6) is 11.5 Å². The fourth-order valence-corrected chi connectivity index (χ4v) is 3.04. The number of nitrogens with zero attached hydrogens (tertiary/aromatic N) is 2. The van der Waals surface area contributed by atoms with Gasteiger partial charge in [0.2, 0.25) is 5.91 Å². The Bertz CT molecular complexity index is 773. The molecule has 0 aliphatic heterocycles. The van der Waals surface area contributed by atoms with Gasteiger partial charge in [-0.3, -0.25) is 4.79 Å². The second kappa shape index (κ2) is 9.99. The van der Waals surface area contributed by atoms with Crippen molar-refractivity contribution in [2.45, 2.75) is 12.5 Å². The molecule has 2 rings (SSSR count). The molecule has 2 aromatic rings. The number of rotatable bonds is 9. The first-order valence-corrected chi connectivity index (χ1v) is 9.27. The highest BCUT2D eigenvalue weighted by molar-refractivity contribution is 5.78. The summed E-state index contributed by atoms with van der Waals surface area (Å²) in [6.45, 7) is 0.542. The van der Waals surface area contributed by atoms with E-state index in [9.17, 15) is 4.79 Å².